The summed E-state index contributed by atoms with van der Waals surface area (Å²) in [4.78, 5) is 24.8. The zero-order valence-electron chi connectivity index (χ0n) is 13.8. The van der Waals surface area contributed by atoms with Gasteiger partial charge in [-0.2, -0.15) is 21.6 Å². The molecule has 0 saturated heterocycles. The quantitative estimate of drug-likeness (QED) is 0.756. The zero-order chi connectivity index (χ0) is 20.0. The van der Waals surface area contributed by atoms with Gasteiger partial charge in [-0.25, -0.2) is 4.18 Å². The van der Waals surface area contributed by atoms with Crippen LogP contribution >= 0.6 is 0 Å². The molecule has 3 rings (SSSR count). The van der Waals surface area contributed by atoms with Crippen molar-refractivity contribution >= 4 is 26.9 Å². The molecule has 1 aliphatic rings. The summed E-state index contributed by atoms with van der Waals surface area (Å²) in [6.45, 7) is 0. The minimum atomic E-state index is -4.87. The SMILES string of the molecule is NC(=O)C1(OS(=O)(=O)c2ccc3[nH]c(=O)cc(C(F)(F)F)c3c2)CCCC1. The standard InChI is InChI=1S/C16H15F3N2O5S/c17-16(18,19)11-8-13(22)21-12-4-3-9(7-10(11)12)27(24,25)26-15(14(20)23)5-1-2-6-15/h3-4,7-8H,1-2,5-6H2,(H2,20,23)(H,21,22). The van der Waals surface area contributed by atoms with Gasteiger partial charge in [0, 0.05) is 17.0 Å². The maximum absolute atomic E-state index is 13.2. The first-order valence-electron chi connectivity index (χ1n) is 7.94. The molecule has 1 saturated carbocycles. The Morgan fingerprint density at radius 1 is 1.19 bits per heavy atom. The Morgan fingerprint density at radius 3 is 2.37 bits per heavy atom. The van der Waals surface area contributed by atoms with Gasteiger partial charge < -0.3 is 10.7 Å². The van der Waals surface area contributed by atoms with Crippen molar-refractivity contribution in [2.24, 2.45) is 5.73 Å². The number of pyridine rings is 1. The first-order chi connectivity index (χ1) is 12.4. The number of fused-ring (bicyclic) bond motifs is 1. The fraction of sp³-hybridized carbons (Fsp3) is 0.375. The van der Waals surface area contributed by atoms with Crippen LogP contribution in [0, 0.1) is 0 Å². The van der Waals surface area contributed by atoms with Crippen molar-refractivity contribution in [3.05, 3.63) is 40.2 Å². The van der Waals surface area contributed by atoms with Crippen LogP contribution in [0.4, 0.5) is 13.2 Å². The number of halogens is 3. The van der Waals surface area contributed by atoms with E-state index in [2.05, 4.69) is 4.98 Å². The molecule has 1 aliphatic carbocycles. The Morgan fingerprint density at radius 2 is 1.81 bits per heavy atom. The third kappa shape index (κ3) is 3.56. The highest BCUT2D eigenvalue weighted by atomic mass is 32.2. The second-order valence-corrected chi connectivity index (χ2v) is 7.90. The molecule has 1 fully saturated rings. The molecule has 27 heavy (non-hydrogen) atoms. The molecular formula is C16H15F3N2O5S. The monoisotopic (exact) mass is 404 g/mol. The Hall–Kier alpha value is -2.40. The second kappa shape index (κ2) is 6.34. The summed E-state index contributed by atoms with van der Waals surface area (Å²) in [7, 11) is -4.57. The van der Waals surface area contributed by atoms with E-state index in [1.165, 1.54) is 0 Å². The van der Waals surface area contributed by atoms with Crippen LogP contribution in [0.25, 0.3) is 10.9 Å². The van der Waals surface area contributed by atoms with Gasteiger partial charge >= 0.3 is 6.18 Å². The van der Waals surface area contributed by atoms with E-state index >= 15 is 0 Å². The van der Waals surface area contributed by atoms with Crippen LogP contribution in [0.2, 0.25) is 0 Å². The number of aromatic amines is 1. The van der Waals surface area contributed by atoms with Crippen LogP contribution in [0.5, 0.6) is 0 Å². The first-order valence-corrected chi connectivity index (χ1v) is 9.35. The number of hydrogen-bond acceptors (Lipinski definition) is 5. The van der Waals surface area contributed by atoms with Crippen LogP contribution in [-0.4, -0.2) is 24.9 Å². The number of carbonyl (C=O) groups is 1. The number of aromatic nitrogens is 1. The summed E-state index contributed by atoms with van der Waals surface area (Å²) >= 11 is 0. The minimum absolute atomic E-state index is 0.107. The van der Waals surface area contributed by atoms with Gasteiger partial charge in [-0.1, -0.05) is 0 Å². The average molecular weight is 404 g/mol. The summed E-state index contributed by atoms with van der Waals surface area (Å²) in [6.07, 6.45) is -3.58. The highest BCUT2D eigenvalue weighted by Gasteiger charge is 2.45. The third-order valence-electron chi connectivity index (χ3n) is 4.54. The van der Waals surface area contributed by atoms with E-state index in [1.54, 1.807) is 0 Å². The Kier molecular flexibility index (Phi) is 4.55. The Labute approximate surface area is 151 Å². The summed E-state index contributed by atoms with van der Waals surface area (Å²) in [5, 5.41) is -0.508. The zero-order valence-corrected chi connectivity index (χ0v) is 14.6. The Balaban J connectivity index is 2.13. The van der Waals surface area contributed by atoms with Crippen molar-refractivity contribution < 1.29 is 30.6 Å². The number of nitrogens with one attached hydrogen (secondary N) is 1. The van der Waals surface area contributed by atoms with Gasteiger partial charge in [0.2, 0.25) is 5.56 Å². The molecule has 7 nitrogen and oxygen atoms in total. The molecule has 2 aromatic rings. The second-order valence-electron chi connectivity index (χ2n) is 6.36. The van der Waals surface area contributed by atoms with Crippen molar-refractivity contribution in [2.45, 2.75) is 42.4 Å². The third-order valence-corrected chi connectivity index (χ3v) is 5.91. The first kappa shape index (κ1) is 19.4. The predicted molar refractivity (Wildman–Crippen MR) is 88.2 cm³/mol. The molecule has 0 bridgehead atoms. The molecule has 1 aromatic carbocycles. The number of rotatable bonds is 4. The highest BCUT2D eigenvalue weighted by Crippen LogP contribution is 2.37. The lowest BCUT2D eigenvalue weighted by Gasteiger charge is -2.24. The molecule has 3 N–H and O–H groups in total. The van der Waals surface area contributed by atoms with Gasteiger partial charge in [-0.15, -0.1) is 0 Å². The molecule has 0 spiro atoms. The number of H-pyrrole nitrogens is 1. The van der Waals surface area contributed by atoms with E-state index in [9.17, 15) is 31.2 Å². The lowest BCUT2D eigenvalue weighted by atomic mass is 10.0. The summed E-state index contributed by atoms with van der Waals surface area (Å²) in [5.41, 5.74) is 1.16. The molecular weight excluding hydrogens is 389 g/mol. The number of nitrogens with two attached hydrogens (primary N) is 1. The maximum atomic E-state index is 13.2. The van der Waals surface area contributed by atoms with Gasteiger partial charge in [0.1, 0.15) is 0 Å². The normalized spacial score (nSPS) is 17.3. The Bertz CT molecular complexity index is 1070. The van der Waals surface area contributed by atoms with Crippen molar-refractivity contribution in [1.29, 1.82) is 0 Å². The molecule has 0 aliphatic heterocycles. The maximum Gasteiger partial charge on any atom is 0.417 e. The van der Waals surface area contributed by atoms with Crippen molar-refractivity contribution in [3.63, 3.8) is 0 Å². The fourth-order valence-electron chi connectivity index (χ4n) is 3.20. The van der Waals surface area contributed by atoms with Crippen LogP contribution < -0.4 is 11.3 Å². The van der Waals surface area contributed by atoms with E-state index in [1.807, 2.05) is 0 Å². The molecule has 11 heteroatoms. The number of alkyl halides is 3. The number of benzene rings is 1. The smallest absolute Gasteiger partial charge is 0.367 e. The van der Waals surface area contributed by atoms with Crippen molar-refractivity contribution in [3.8, 4) is 0 Å². The molecule has 0 atom stereocenters. The largest absolute Gasteiger partial charge is 0.417 e. The molecule has 0 unspecified atom stereocenters. The van der Waals surface area contributed by atoms with Gasteiger partial charge in [-0.05, 0) is 43.9 Å². The molecule has 0 radical (unpaired) electrons. The summed E-state index contributed by atoms with van der Waals surface area (Å²) in [5.74, 6) is -0.940. The van der Waals surface area contributed by atoms with Crippen LogP contribution in [0.1, 0.15) is 31.2 Å². The molecule has 1 heterocycles. The number of primary amides is 1. The van der Waals surface area contributed by atoms with Gasteiger partial charge in [0.25, 0.3) is 16.0 Å². The van der Waals surface area contributed by atoms with E-state index in [0.29, 0.717) is 18.9 Å². The van der Waals surface area contributed by atoms with Crippen molar-refractivity contribution in [2.75, 3.05) is 0 Å². The van der Waals surface area contributed by atoms with Crippen LogP contribution in [0.15, 0.2) is 34.0 Å². The molecule has 146 valence electrons. The minimum Gasteiger partial charge on any atom is -0.367 e. The van der Waals surface area contributed by atoms with E-state index < -0.39 is 49.2 Å². The van der Waals surface area contributed by atoms with E-state index in [-0.39, 0.29) is 18.4 Å². The number of carbonyl (C=O) groups excluding carboxylic acids is 1. The van der Waals surface area contributed by atoms with Gasteiger partial charge in [-0.3, -0.25) is 9.59 Å². The summed E-state index contributed by atoms with van der Waals surface area (Å²) < 4.78 is 69.9. The van der Waals surface area contributed by atoms with E-state index in [4.69, 9.17) is 9.92 Å². The fourth-order valence-corrected chi connectivity index (χ4v) is 4.46. The van der Waals surface area contributed by atoms with Gasteiger partial charge in [0.05, 0.1) is 10.5 Å². The number of hydrogen-bond donors (Lipinski definition) is 2. The summed E-state index contributed by atoms with van der Waals surface area (Å²) in [6, 6.07) is 3.14. The van der Waals surface area contributed by atoms with Gasteiger partial charge in [0.15, 0.2) is 5.60 Å². The predicted octanol–water partition coefficient (Wildman–Crippen LogP) is 2.05. The van der Waals surface area contributed by atoms with Crippen LogP contribution in [-0.2, 0) is 25.3 Å². The average Bonchev–Trinajstić information content (AvgIpc) is 3.02. The van der Waals surface area contributed by atoms with E-state index in [0.717, 1.165) is 18.2 Å². The number of amides is 1. The molecule has 1 aromatic heterocycles. The lowest BCUT2D eigenvalue weighted by molar-refractivity contribution is -0.136. The van der Waals surface area contributed by atoms with Crippen molar-refractivity contribution in [1.82, 2.24) is 4.98 Å². The molecule has 1 amide bonds. The van der Waals surface area contributed by atoms with Crippen LogP contribution in [0.3, 0.4) is 0 Å². The topological polar surface area (TPSA) is 119 Å². The lowest BCUT2D eigenvalue weighted by Crippen LogP contribution is -2.45. The highest BCUT2D eigenvalue weighted by molar-refractivity contribution is 7.86.